The number of nitrogens with one attached hydrogen (secondary N) is 1. The van der Waals surface area contributed by atoms with Crippen molar-refractivity contribution >= 4 is 5.69 Å². The highest BCUT2D eigenvalue weighted by molar-refractivity contribution is 5.48. The molecule has 1 aliphatic heterocycles. The number of halogens is 3. The molecule has 37 heavy (non-hydrogen) atoms. The van der Waals surface area contributed by atoms with Crippen LogP contribution >= 0.6 is 0 Å². The van der Waals surface area contributed by atoms with E-state index in [1.165, 1.54) is 12.5 Å². The van der Waals surface area contributed by atoms with Gasteiger partial charge in [-0.25, -0.2) is 0 Å². The van der Waals surface area contributed by atoms with E-state index in [2.05, 4.69) is 38.9 Å². The summed E-state index contributed by atoms with van der Waals surface area (Å²) in [5, 5.41) is 11.4. The lowest BCUT2D eigenvalue weighted by molar-refractivity contribution is -0.138. The maximum atomic E-state index is 14.0. The number of piperidine rings is 1. The van der Waals surface area contributed by atoms with Gasteiger partial charge in [-0.05, 0) is 68.0 Å². The van der Waals surface area contributed by atoms with Crippen LogP contribution in [0.3, 0.4) is 0 Å². The molecule has 198 valence electrons. The summed E-state index contributed by atoms with van der Waals surface area (Å²) in [6.07, 6.45) is 1.69. The molecule has 3 heterocycles. The smallest absolute Gasteiger partial charge is 0.379 e. The van der Waals surface area contributed by atoms with Gasteiger partial charge in [0.25, 0.3) is 0 Å². The summed E-state index contributed by atoms with van der Waals surface area (Å²) in [7, 11) is 1.89. The van der Waals surface area contributed by atoms with Crippen molar-refractivity contribution in [3.8, 4) is 0 Å². The van der Waals surface area contributed by atoms with E-state index in [-0.39, 0.29) is 18.2 Å². The monoisotopic (exact) mass is 512 g/mol. The van der Waals surface area contributed by atoms with Crippen LogP contribution in [0.4, 0.5) is 18.9 Å². The zero-order valence-electron chi connectivity index (χ0n) is 21.7. The number of hydrogen-bond donors (Lipinski definition) is 1. The Morgan fingerprint density at radius 3 is 2.76 bits per heavy atom. The van der Waals surface area contributed by atoms with Crippen molar-refractivity contribution in [3.05, 3.63) is 83.2 Å². The van der Waals surface area contributed by atoms with Crippen LogP contribution < -0.4 is 5.32 Å². The summed E-state index contributed by atoms with van der Waals surface area (Å²) in [4.78, 5) is 6.47. The number of pyridine rings is 1. The average molecular weight is 513 g/mol. The molecule has 4 rings (SSSR count). The molecular weight excluding hydrogens is 477 g/mol. The van der Waals surface area contributed by atoms with Crippen molar-refractivity contribution in [2.24, 2.45) is 13.0 Å². The summed E-state index contributed by atoms with van der Waals surface area (Å²) in [5.74, 6) is 1.30. The quantitative estimate of drug-likeness (QED) is 0.348. The second-order valence-corrected chi connectivity index (χ2v) is 10.3. The topological polar surface area (TPSA) is 58.9 Å². The van der Waals surface area contributed by atoms with E-state index in [1.54, 1.807) is 12.5 Å². The Morgan fingerprint density at radius 1 is 1.27 bits per heavy atom. The summed E-state index contributed by atoms with van der Waals surface area (Å²) in [5.41, 5.74) is 2.60. The molecule has 0 spiro atoms. The SMILES string of the molecule is C=C(C)CC(c1cccc(NCc2ncc(CN3CCC[C@H](C)C3)cc2C(F)(F)F)c1)c1nncn1C. The number of aryl methyl sites for hydroxylation is 1. The molecule has 0 radical (unpaired) electrons. The molecule has 1 saturated heterocycles. The highest BCUT2D eigenvalue weighted by Crippen LogP contribution is 2.34. The van der Waals surface area contributed by atoms with E-state index in [4.69, 9.17) is 0 Å². The lowest BCUT2D eigenvalue weighted by Crippen LogP contribution is -2.33. The number of alkyl halides is 3. The first kappa shape index (κ1) is 26.9. The van der Waals surface area contributed by atoms with Crippen LogP contribution in [0.5, 0.6) is 0 Å². The van der Waals surface area contributed by atoms with Crippen molar-refractivity contribution in [2.45, 2.75) is 58.3 Å². The third kappa shape index (κ3) is 6.97. The van der Waals surface area contributed by atoms with E-state index in [9.17, 15) is 13.2 Å². The Labute approximate surface area is 216 Å². The third-order valence-corrected chi connectivity index (χ3v) is 6.84. The van der Waals surface area contributed by atoms with Gasteiger partial charge in [-0.15, -0.1) is 16.8 Å². The Bertz CT molecular complexity index is 1220. The van der Waals surface area contributed by atoms with E-state index >= 15 is 0 Å². The van der Waals surface area contributed by atoms with Crippen molar-refractivity contribution in [2.75, 3.05) is 18.4 Å². The van der Waals surface area contributed by atoms with Gasteiger partial charge in [-0.3, -0.25) is 9.88 Å². The minimum absolute atomic E-state index is 0.0135. The van der Waals surface area contributed by atoms with Crippen molar-refractivity contribution in [1.82, 2.24) is 24.6 Å². The molecule has 0 aliphatic carbocycles. The van der Waals surface area contributed by atoms with E-state index in [1.807, 2.05) is 42.8 Å². The van der Waals surface area contributed by atoms with Gasteiger partial charge < -0.3 is 9.88 Å². The first-order valence-corrected chi connectivity index (χ1v) is 12.7. The summed E-state index contributed by atoms with van der Waals surface area (Å²) in [6, 6.07) is 8.93. The minimum atomic E-state index is -4.48. The van der Waals surface area contributed by atoms with Crippen LogP contribution in [0.2, 0.25) is 0 Å². The number of hydrogen-bond acceptors (Lipinski definition) is 5. The highest BCUT2D eigenvalue weighted by Gasteiger charge is 2.34. The number of nitrogens with zero attached hydrogens (tertiary/aromatic N) is 5. The van der Waals surface area contributed by atoms with E-state index < -0.39 is 11.7 Å². The summed E-state index contributed by atoms with van der Waals surface area (Å²) in [6.45, 7) is 10.5. The third-order valence-electron chi connectivity index (χ3n) is 6.84. The van der Waals surface area contributed by atoms with E-state index in [0.717, 1.165) is 36.5 Å². The Kier molecular flexibility index (Phi) is 8.32. The molecule has 0 saturated carbocycles. The predicted molar refractivity (Wildman–Crippen MR) is 139 cm³/mol. The highest BCUT2D eigenvalue weighted by atomic mass is 19.4. The van der Waals surface area contributed by atoms with Crippen LogP contribution in [0.25, 0.3) is 0 Å². The molecule has 0 bridgehead atoms. The predicted octanol–water partition coefficient (Wildman–Crippen LogP) is 6.17. The Hall–Kier alpha value is -3.20. The van der Waals surface area contributed by atoms with Gasteiger partial charge in [0, 0.05) is 37.9 Å². The zero-order valence-corrected chi connectivity index (χ0v) is 21.7. The second-order valence-electron chi connectivity index (χ2n) is 10.3. The number of rotatable bonds is 9. The van der Waals surface area contributed by atoms with Crippen LogP contribution in [-0.4, -0.2) is 37.7 Å². The standard InChI is InChI=1S/C28H35F3N6/c1-19(2)11-24(27-35-34-18-36(27)4)22-8-5-9-23(13-22)32-15-26-25(28(29,30)31)12-21(14-33-26)17-37-10-6-7-20(3)16-37/h5,8-9,12-14,18,20,24,32H,1,6-7,10-11,15-17H2,2-4H3/t20-,24?/m0/s1. The van der Waals surface area contributed by atoms with Crippen LogP contribution in [-0.2, 0) is 26.3 Å². The van der Waals surface area contributed by atoms with Gasteiger partial charge in [0.05, 0.1) is 17.8 Å². The fourth-order valence-electron chi connectivity index (χ4n) is 5.06. The number of anilines is 1. The van der Waals surface area contributed by atoms with Gasteiger partial charge >= 0.3 is 6.18 Å². The molecular formula is C28H35F3N6. The molecule has 2 atom stereocenters. The maximum Gasteiger partial charge on any atom is 0.418 e. The fourth-order valence-corrected chi connectivity index (χ4v) is 5.06. The van der Waals surface area contributed by atoms with Gasteiger partial charge in [0.15, 0.2) is 0 Å². The lowest BCUT2D eigenvalue weighted by atomic mass is 9.91. The molecule has 3 aromatic rings. The molecule has 1 unspecified atom stereocenters. The van der Waals surface area contributed by atoms with Gasteiger partial charge in [0.2, 0.25) is 0 Å². The van der Waals surface area contributed by atoms with Gasteiger partial charge in [0.1, 0.15) is 12.2 Å². The first-order chi connectivity index (χ1) is 17.6. The lowest BCUT2D eigenvalue weighted by Gasteiger charge is -2.31. The number of aromatic nitrogens is 4. The summed E-state index contributed by atoms with van der Waals surface area (Å²) < 4.78 is 43.8. The zero-order chi connectivity index (χ0) is 26.6. The average Bonchev–Trinajstić information content (AvgIpc) is 3.26. The molecule has 1 aliphatic rings. The number of likely N-dealkylation sites (tertiary alicyclic amines) is 1. The molecule has 1 aromatic carbocycles. The van der Waals surface area contributed by atoms with Crippen LogP contribution in [0.1, 0.15) is 67.2 Å². The molecule has 6 nitrogen and oxygen atoms in total. The molecule has 2 aromatic heterocycles. The van der Waals surface area contributed by atoms with Gasteiger partial charge in [-0.2, -0.15) is 13.2 Å². The van der Waals surface area contributed by atoms with Crippen LogP contribution in [0, 0.1) is 5.92 Å². The van der Waals surface area contributed by atoms with E-state index in [0.29, 0.717) is 30.1 Å². The molecule has 1 fully saturated rings. The van der Waals surface area contributed by atoms with Crippen molar-refractivity contribution in [1.29, 1.82) is 0 Å². The maximum absolute atomic E-state index is 14.0. The first-order valence-electron chi connectivity index (χ1n) is 12.7. The second kappa shape index (κ2) is 11.5. The molecule has 1 N–H and O–H groups in total. The Balaban J connectivity index is 1.52. The molecule has 9 heteroatoms. The summed E-state index contributed by atoms with van der Waals surface area (Å²) >= 11 is 0. The number of allylic oxidation sites excluding steroid dienone is 1. The largest absolute Gasteiger partial charge is 0.418 e. The van der Waals surface area contributed by atoms with Gasteiger partial charge in [-0.1, -0.05) is 24.6 Å². The van der Waals surface area contributed by atoms with Crippen molar-refractivity contribution < 1.29 is 13.2 Å². The Morgan fingerprint density at radius 2 is 2.08 bits per heavy atom. The van der Waals surface area contributed by atoms with Crippen LogP contribution in [0.15, 0.2) is 55.0 Å². The molecule has 0 amide bonds. The van der Waals surface area contributed by atoms with Crippen molar-refractivity contribution in [3.63, 3.8) is 0 Å². The minimum Gasteiger partial charge on any atom is -0.379 e. The number of benzene rings is 1. The normalized spacial score (nSPS) is 17.5. The fraction of sp³-hybridized carbons (Fsp3) is 0.464.